The number of piperazine rings is 1. The van der Waals surface area contributed by atoms with Gasteiger partial charge in [-0.15, -0.1) is 0 Å². The predicted octanol–water partition coefficient (Wildman–Crippen LogP) is 2.54. The second kappa shape index (κ2) is 8.12. The van der Waals surface area contributed by atoms with Gasteiger partial charge in [0.15, 0.2) is 0 Å². The van der Waals surface area contributed by atoms with Crippen molar-refractivity contribution in [2.24, 2.45) is 4.99 Å². The average molecular weight is 383 g/mol. The summed E-state index contributed by atoms with van der Waals surface area (Å²) in [6, 6.07) is 0. The SMILES string of the molecule is C=N/C(NC1(C)CC1)=C(\C)C(C(=O)N1CCN(c2cncnc2)CC1)=C(C)C. The fourth-order valence-electron chi connectivity index (χ4n) is 3.50. The Morgan fingerprint density at radius 2 is 1.75 bits per heavy atom. The van der Waals surface area contributed by atoms with Gasteiger partial charge in [-0.2, -0.15) is 0 Å². The maximum absolute atomic E-state index is 13.3. The van der Waals surface area contributed by atoms with Crippen LogP contribution >= 0.6 is 0 Å². The van der Waals surface area contributed by atoms with E-state index in [1.54, 1.807) is 0 Å². The van der Waals surface area contributed by atoms with Gasteiger partial charge in [0.2, 0.25) is 0 Å². The number of rotatable bonds is 6. The van der Waals surface area contributed by atoms with Crippen LogP contribution in [0.4, 0.5) is 5.69 Å². The van der Waals surface area contributed by atoms with E-state index in [9.17, 15) is 4.79 Å². The predicted molar refractivity (Wildman–Crippen MR) is 112 cm³/mol. The normalized spacial score (nSPS) is 18.9. The molecule has 2 heterocycles. The van der Waals surface area contributed by atoms with Crippen LogP contribution in [0.5, 0.6) is 0 Å². The van der Waals surface area contributed by atoms with E-state index in [1.807, 2.05) is 38.1 Å². The van der Waals surface area contributed by atoms with E-state index in [0.29, 0.717) is 18.9 Å². The molecular formula is C21H30N6O. The Bertz CT molecular complexity index is 797. The molecule has 2 fully saturated rings. The average Bonchev–Trinajstić information content (AvgIpc) is 3.43. The van der Waals surface area contributed by atoms with Crippen LogP contribution in [0.25, 0.3) is 0 Å². The molecule has 0 spiro atoms. The first-order valence-corrected chi connectivity index (χ1v) is 9.77. The molecule has 1 aliphatic heterocycles. The molecule has 1 saturated carbocycles. The van der Waals surface area contributed by atoms with Gasteiger partial charge in [-0.05, 0) is 47.3 Å². The van der Waals surface area contributed by atoms with Crippen molar-refractivity contribution in [1.29, 1.82) is 0 Å². The Kier molecular flexibility index (Phi) is 5.82. The minimum Gasteiger partial charge on any atom is -0.365 e. The number of hydrogen-bond acceptors (Lipinski definition) is 6. The molecule has 7 nitrogen and oxygen atoms in total. The lowest BCUT2D eigenvalue weighted by molar-refractivity contribution is -0.127. The fraction of sp³-hybridized carbons (Fsp3) is 0.524. The smallest absolute Gasteiger partial charge is 0.254 e. The number of allylic oxidation sites excluding steroid dienone is 1. The van der Waals surface area contributed by atoms with Gasteiger partial charge in [0, 0.05) is 42.9 Å². The molecule has 1 aromatic rings. The first kappa shape index (κ1) is 20.0. The molecule has 1 amide bonds. The van der Waals surface area contributed by atoms with Crippen LogP contribution in [0, 0.1) is 0 Å². The molecule has 1 saturated heterocycles. The number of nitrogens with zero attached hydrogens (tertiary/aromatic N) is 5. The number of anilines is 1. The van der Waals surface area contributed by atoms with Crippen molar-refractivity contribution in [3.63, 3.8) is 0 Å². The maximum Gasteiger partial charge on any atom is 0.254 e. The highest BCUT2D eigenvalue weighted by molar-refractivity contribution is 5.98. The van der Waals surface area contributed by atoms with Crippen molar-refractivity contribution < 1.29 is 4.79 Å². The Morgan fingerprint density at radius 3 is 2.25 bits per heavy atom. The summed E-state index contributed by atoms with van der Waals surface area (Å²) in [5.41, 5.74) is 3.66. The van der Waals surface area contributed by atoms with Crippen LogP contribution < -0.4 is 10.2 Å². The van der Waals surface area contributed by atoms with Gasteiger partial charge in [-0.3, -0.25) is 4.79 Å². The number of aliphatic imine (C=N–C) groups is 1. The first-order chi connectivity index (χ1) is 13.3. The summed E-state index contributed by atoms with van der Waals surface area (Å²) in [6.07, 6.45) is 7.38. The van der Waals surface area contributed by atoms with E-state index < -0.39 is 0 Å². The van der Waals surface area contributed by atoms with E-state index in [4.69, 9.17) is 0 Å². The molecule has 1 aliphatic carbocycles. The highest BCUT2D eigenvalue weighted by Gasteiger charge is 2.38. The molecular weight excluding hydrogens is 352 g/mol. The van der Waals surface area contributed by atoms with Crippen LogP contribution in [0.3, 0.4) is 0 Å². The summed E-state index contributed by atoms with van der Waals surface area (Å²) in [7, 11) is 0. The minimum absolute atomic E-state index is 0.0605. The summed E-state index contributed by atoms with van der Waals surface area (Å²) >= 11 is 0. The van der Waals surface area contributed by atoms with Crippen molar-refractivity contribution in [2.45, 2.75) is 46.1 Å². The Hall–Kier alpha value is -2.70. The molecule has 0 atom stereocenters. The van der Waals surface area contributed by atoms with Gasteiger partial charge < -0.3 is 15.1 Å². The van der Waals surface area contributed by atoms with Crippen molar-refractivity contribution in [3.8, 4) is 0 Å². The zero-order valence-corrected chi connectivity index (χ0v) is 17.3. The largest absolute Gasteiger partial charge is 0.365 e. The second-order valence-electron chi connectivity index (χ2n) is 8.07. The van der Waals surface area contributed by atoms with E-state index in [1.165, 1.54) is 6.33 Å². The van der Waals surface area contributed by atoms with Gasteiger partial charge >= 0.3 is 0 Å². The Balaban J connectivity index is 1.74. The number of carbonyl (C=O) groups excluding carboxylic acids is 1. The molecule has 0 unspecified atom stereocenters. The lowest BCUT2D eigenvalue weighted by atomic mass is 10.00. The Labute approximate surface area is 167 Å². The van der Waals surface area contributed by atoms with Crippen molar-refractivity contribution >= 4 is 18.3 Å². The molecule has 7 heteroatoms. The number of aromatic nitrogens is 2. The van der Waals surface area contributed by atoms with Gasteiger partial charge in [0.05, 0.1) is 18.1 Å². The highest BCUT2D eigenvalue weighted by Crippen LogP contribution is 2.36. The third-order valence-corrected chi connectivity index (χ3v) is 5.50. The topological polar surface area (TPSA) is 73.7 Å². The molecule has 0 radical (unpaired) electrons. The lowest BCUT2D eigenvalue weighted by Crippen LogP contribution is -2.49. The number of hydrogen-bond donors (Lipinski definition) is 1. The molecule has 150 valence electrons. The van der Waals surface area contributed by atoms with Crippen LogP contribution in [0.1, 0.15) is 40.5 Å². The number of nitrogens with one attached hydrogen (secondary N) is 1. The van der Waals surface area contributed by atoms with Gasteiger partial charge in [-0.1, -0.05) is 5.57 Å². The summed E-state index contributed by atoms with van der Waals surface area (Å²) in [5, 5.41) is 3.46. The fourth-order valence-corrected chi connectivity index (χ4v) is 3.50. The second-order valence-corrected chi connectivity index (χ2v) is 8.07. The third kappa shape index (κ3) is 4.40. The molecule has 2 aliphatic rings. The van der Waals surface area contributed by atoms with Crippen LogP contribution in [-0.2, 0) is 4.79 Å². The molecule has 0 bridgehead atoms. The summed E-state index contributed by atoms with van der Waals surface area (Å²) < 4.78 is 0. The number of carbonyl (C=O) groups is 1. The molecule has 28 heavy (non-hydrogen) atoms. The zero-order chi connectivity index (χ0) is 20.3. The van der Waals surface area contributed by atoms with Crippen molar-refractivity contribution in [2.75, 3.05) is 31.1 Å². The van der Waals surface area contributed by atoms with Crippen molar-refractivity contribution in [3.05, 3.63) is 41.3 Å². The van der Waals surface area contributed by atoms with E-state index >= 15 is 0 Å². The molecule has 1 aromatic heterocycles. The molecule has 3 rings (SSSR count). The van der Waals surface area contributed by atoms with Gasteiger partial charge in [0.1, 0.15) is 12.1 Å². The van der Waals surface area contributed by atoms with E-state index in [-0.39, 0.29) is 11.4 Å². The minimum atomic E-state index is 0.0605. The third-order valence-electron chi connectivity index (χ3n) is 5.50. The monoisotopic (exact) mass is 382 g/mol. The molecule has 1 N–H and O–H groups in total. The van der Waals surface area contributed by atoms with E-state index in [0.717, 1.165) is 48.3 Å². The summed E-state index contributed by atoms with van der Waals surface area (Å²) in [4.78, 5) is 29.8. The summed E-state index contributed by atoms with van der Waals surface area (Å²) in [5.74, 6) is 0.773. The lowest BCUT2D eigenvalue weighted by Gasteiger charge is -2.36. The van der Waals surface area contributed by atoms with Crippen LogP contribution in [-0.4, -0.2) is 59.2 Å². The highest BCUT2D eigenvalue weighted by atomic mass is 16.2. The van der Waals surface area contributed by atoms with Gasteiger partial charge in [0.25, 0.3) is 5.91 Å². The maximum atomic E-state index is 13.3. The van der Waals surface area contributed by atoms with Gasteiger partial charge in [-0.25, -0.2) is 15.0 Å². The Morgan fingerprint density at radius 1 is 1.14 bits per heavy atom. The first-order valence-electron chi connectivity index (χ1n) is 9.77. The van der Waals surface area contributed by atoms with Crippen LogP contribution in [0.2, 0.25) is 0 Å². The standard InChI is InChI=1S/C21H30N6O/c1-15(2)18(16(3)19(22-5)25-21(4)6-7-21)20(28)27-10-8-26(9-11-27)17-12-23-14-24-13-17/h12-14,25H,5-11H2,1-4H3/b19-16-. The number of amides is 1. The zero-order valence-electron chi connectivity index (χ0n) is 17.3. The quantitative estimate of drug-likeness (QED) is 0.465. The van der Waals surface area contributed by atoms with Crippen molar-refractivity contribution in [1.82, 2.24) is 20.2 Å². The van der Waals surface area contributed by atoms with E-state index in [2.05, 4.69) is 38.8 Å². The van der Waals surface area contributed by atoms with Crippen LogP contribution in [0.15, 0.2) is 46.3 Å². The summed E-state index contributed by atoms with van der Waals surface area (Å²) in [6.45, 7) is 14.7. The molecule has 0 aromatic carbocycles.